The van der Waals surface area contributed by atoms with Crippen LogP contribution in [0.3, 0.4) is 0 Å². The lowest BCUT2D eigenvalue weighted by atomic mass is 10.1. The number of aromatic nitrogens is 1. The van der Waals surface area contributed by atoms with Crippen LogP contribution in [-0.4, -0.2) is 56.8 Å². The maximum Gasteiger partial charge on any atom is 0.252 e. The van der Waals surface area contributed by atoms with Crippen LogP contribution in [0.2, 0.25) is 0 Å². The van der Waals surface area contributed by atoms with Gasteiger partial charge in [0.15, 0.2) is 27.3 Å². The smallest absolute Gasteiger partial charge is 0.252 e. The van der Waals surface area contributed by atoms with Crippen LogP contribution in [0.25, 0.3) is 0 Å². The Balaban J connectivity index is 1.88. The normalized spacial score (nSPS) is 19.6. The SMILES string of the molecule is O=S(=O)(CCN1CCCCC1)c1c(F)c(F)nc(N2CCCC2)c1F. The number of halogens is 3. The Morgan fingerprint density at radius 1 is 0.880 bits per heavy atom. The van der Waals surface area contributed by atoms with Crippen LogP contribution >= 0.6 is 0 Å². The molecule has 25 heavy (non-hydrogen) atoms. The molecule has 0 spiro atoms. The minimum Gasteiger partial charge on any atom is -0.354 e. The van der Waals surface area contributed by atoms with Crippen LogP contribution in [0.1, 0.15) is 32.1 Å². The lowest BCUT2D eigenvalue weighted by molar-refractivity contribution is 0.241. The number of anilines is 1. The zero-order chi connectivity index (χ0) is 18.0. The topological polar surface area (TPSA) is 53.5 Å². The van der Waals surface area contributed by atoms with Gasteiger partial charge in [-0.05, 0) is 38.8 Å². The molecule has 0 radical (unpaired) electrons. The van der Waals surface area contributed by atoms with Crippen molar-refractivity contribution >= 4 is 15.7 Å². The zero-order valence-corrected chi connectivity index (χ0v) is 14.8. The van der Waals surface area contributed by atoms with Crippen molar-refractivity contribution in [3.8, 4) is 0 Å². The van der Waals surface area contributed by atoms with E-state index >= 15 is 0 Å². The first-order valence-corrected chi connectivity index (χ1v) is 10.3. The summed E-state index contributed by atoms with van der Waals surface area (Å²) < 4.78 is 67.7. The molecule has 1 aromatic rings. The maximum absolute atomic E-state index is 14.7. The Kier molecular flexibility index (Phi) is 5.52. The molecule has 2 aliphatic heterocycles. The summed E-state index contributed by atoms with van der Waals surface area (Å²) in [6, 6.07) is 0. The van der Waals surface area contributed by atoms with E-state index in [1.807, 2.05) is 4.90 Å². The quantitative estimate of drug-likeness (QED) is 0.738. The molecule has 2 fully saturated rings. The van der Waals surface area contributed by atoms with E-state index in [1.54, 1.807) is 0 Å². The van der Waals surface area contributed by atoms with Gasteiger partial charge < -0.3 is 9.80 Å². The standard InChI is InChI=1S/C16H22F3N3O2S/c17-12-14(25(23,24)11-10-21-6-2-1-3-7-21)13(18)16(20-15(12)19)22-8-4-5-9-22/h1-11H2. The largest absolute Gasteiger partial charge is 0.354 e. The van der Waals surface area contributed by atoms with Crippen molar-refractivity contribution in [3.63, 3.8) is 0 Å². The lowest BCUT2D eigenvalue weighted by Crippen LogP contribution is -2.34. The highest BCUT2D eigenvalue weighted by Crippen LogP contribution is 2.30. The highest BCUT2D eigenvalue weighted by molar-refractivity contribution is 7.91. The third-order valence-electron chi connectivity index (χ3n) is 4.82. The molecule has 0 saturated carbocycles. The fourth-order valence-electron chi connectivity index (χ4n) is 3.43. The van der Waals surface area contributed by atoms with Crippen LogP contribution in [-0.2, 0) is 9.84 Å². The molecule has 0 unspecified atom stereocenters. The van der Waals surface area contributed by atoms with Gasteiger partial charge >= 0.3 is 0 Å². The Bertz CT molecular complexity index is 731. The first-order chi connectivity index (χ1) is 11.9. The van der Waals surface area contributed by atoms with Gasteiger partial charge in [-0.1, -0.05) is 6.42 Å². The highest BCUT2D eigenvalue weighted by Gasteiger charge is 2.33. The van der Waals surface area contributed by atoms with Crippen molar-refractivity contribution in [1.82, 2.24) is 9.88 Å². The van der Waals surface area contributed by atoms with E-state index in [-0.39, 0.29) is 6.54 Å². The predicted molar refractivity (Wildman–Crippen MR) is 87.9 cm³/mol. The average Bonchev–Trinajstić information content (AvgIpc) is 3.11. The molecule has 9 heteroatoms. The number of rotatable bonds is 5. The number of likely N-dealkylation sites (tertiary alicyclic amines) is 1. The number of sulfone groups is 1. The molecule has 0 aromatic carbocycles. The van der Waals surface area contributed by atoms with Gasteiger partial charge in [-0.2, -0.15) is 9.37 Å². The summed E-state index contributed by atoms with van der Waals surface area (Å²) in [5.74, 6) is -5.42. The minimum atomic E-state index is -4.29. The second-order valence-corrected chi connectivity index (χ2v) is 8.64. The summed E-state index contributed by atoms with van der Waals surface area (Å²) in [4.78, 5) is 5.55. The molecular weight excluding hydrogens is 355 g/mol. The maximum atomic E-state index is 14.7. The third-order valence-corrected chi connectivity index (χ3v) is 6.52. The fraction of sp³-hybridized carbons (Fsp3) is 0.688. The Hall–Kier alpha value is -1.35. The van der Waals surface area contributed by atoms with E-state index in [9.17, 15) is 21.6 Å². The van der Waals surface area contributed by atoms with E-state index in [1.165, 1.54) is 4.90 Å². The van der Waals surface area contributed by atoms with Crippen molar-refractivity contribution in [3.05, 3.63) is 17.6 Å². The number of hydrogen-bond donors (Lipinski definition) is 0. The second kappa shape index (κ2) is 7.49. The van der Waals surface area contributed by atoms with Gasteiger partial charge in [0.25, 0.3) is 5.95 Å². The fourth-order valence-corrected chi connectivity index (χ4v) is 4.85. The molecule has 1 aromatic heterocycles. The van der Waals surface area contributed by atoms with Crippen LogP contribution in [0.5, 0.6) is 0 Å². The molecule has 3 rings (SSSR count). The summed E-state index contributed by atoms with van der Waals surface area (Å²) in [5.41, 5.74) is 0. The molecule has 0 aliphatic carbocycles. The Morgan fingerprint density at radius 3 is 2.12 bits per heavy atom. The van der Waals surface area contributed by atoms with Crippen LogP contribution in [0.4, 0.5) is 19.0 Å². The molecule has 140 valence electrons. The van der Waals surface area contributed by atoms with E-state index in [4.69, 9.17) is 0 Å². The lowest BCUT2D eigenvalue weighted by Gasteiger charge is -2.26. The summed E-state index contributed by atoms with van der Waals surface area (Å²) >= 11 is 0. The van der Waals surface area contributed by atoms with Crippen molar-refractivity contribution in [2.75, 3.05) is 43.4 Å². The van der Waals surface area contributed by atoms with Crippen molar-refractivity contribution in [2.45, 2.75) is 37.0 Å². The molecule has 0 atom stereocenters. The Labute approximate surface area is 145 Å². The average molecular weight is 377 g/mol. The third kappa shape index (κ3) is 3.92. The number of pyridine rings is 1. The van der Waals surface area contributed by atoms with Crippen LogP contribution in [0.15, 0.2) is 4.90 Å². The Morgan fingerprint density at radius 2 is 1.48 bits per heavy atom. The van der Waals surface area contributed by atoms with Crippen molar-refractivity contribution in [2.24, 2.45) is 0 Å². The number of nitrogens with zero attached hydrogens (tertiary/aromatic N) is 3. The first kappa shape index (κ1) is 18.4. The highest BCUT2D eigenvalue weighted by atomic mass is 32.2. The van der Waals surface area contributed by atoms with Gasteiger partial charge in [-0.3, -0.25) is 0 Å². The van der Waals surface area contributed by atoms with Gasteiger partial charge in [-0.25, -0.2) is 17.2 Å². The van der Waals surface area contributed by atoms with Crippen LogP contribution < -0.4 is 4.90 Å². The van der Waals surface area contributed by atoms with E-state index in [0.717, 1.165) is 45.2 Å². The van der Waals surface area contributed by atoms with Gasteiger partial charge in [0.1, 0.15) is 4.90 Å². The number of hydrogen-bond acceptors (Lipinski definition) is 5. The van der Waals surface area contributed by atoms with Gasteiger partial charge in [0.05, 0.1) is 5.75 Å². The minimum absolute atomic E-state index is 0.185. The first-order valence-electron chi connectivity index (χ1n) is 8.65. The summed E-state index contributed by atoms with van der Waals surface area (Å²) in [5, 5.41) is 0. The van der Waals surface area contributed by atoms with E-state index < -0.39 is 43.9 Å². The zero-order valence-electron chi connectivity index (χ0n) is 14.0. The van der Waals surface area contributed by atoms with Crippen LogP contribution in [0, 0.1) is 17.6 Å². The molecule has 5 nitrogen and oxygen atoms in total. The molecule has 3 heterocycles. The van der Waals surface area contributed by atoms with Gasteiger partial charge in [0.2, 0.25) is 0 Å². The molecule has 2 aliphatic rings. The monoisotopic (exact) mass is 377 g/mol. The van der Waals surface area contributed by atoms with Crippen molar-refractivity contribution in [1.29, 1.82) is 0 Å². The molecule has 0 amide bonds. The van der Waals surface area contributed by atoms with Gasteiger partial charge in [-0.15, -0.1) is 0 Å². The summed E-state index contributed by atoms with van der Waals surface area (Å²) in [6.45, 7) is 2.61. The number of piperidine rings is 1. The predicted octanol–water partition coefficient (Wildman–Crippen LogP) is 2.36. The van der Waals surface area contributed by atoms with E-state index in [0.29, 0.717) is 13.1 Å². The summed E-state index contributed by atoms with van der Waals surface area (Å²) in [7, 11) is -4.29. The van der Waals surface area contributed by atoms with Crippen molar-refractivity contribution < 1.29 is 21.6 Å². The molecule has 2 saturated heterocycles. The van der Waals surface area contributed by atoms with Gasteiger partial charge in [0, 0.05) is 19.6 Å². The molecule has 0 N–H and O–H groups in total. The second-order valence-electron chi connectivity index (χ2n) is 6.60. The molecule has 0 bridgehead atoms. The molecular formula is C16H22F3N3O2S. The van der Waals surface area contributed by atoms with E-state index in [2.05, 4.69) is 4.98 Å². The summed E-state index contributed by atoms with van der Waals surface area (Å²) in [6.07, 6.45) is 4.60.